The number of fused-ring (bicyclic) bond motifs is 1. The van der Waals surface area contributed by atoms with Crippen LogP contribution in [0.3, 0.4) is 0 Å². The van der Waals surface area contributed by atoms with Crippen LogP contribution in [0.4, 0.5) is 4.39 Å². The van der Waals surface area contributed by atoms with E-state index in [0.717, 1.165) is 6.42 Å². The zero-order chi connectivity index (χ0) is 12.4. The van der Waals surface area contributed by atoms with Gasteiger partial charge in [-0.05, 0) is 25.1 Å². The number of halogens is 1. The van der Waals surface area contributed by atoms with Crippen LogP contribution in [0.15, 0.2) is 23.0 Å². The molecule has 2 N–H and O–H groups in total. The Morgan fingerprint density at radius 1 is 1.47 bits per heavy atom. The first-order valence-corrected chi connectivity index (χ1v) is 5.49. The van der Waals surface area contributed by atoms with Crippen molar-refractivity contribution in [3.63, 3.8) is 0 Å². The second-order valence-electron chi connectivity index (χ2n) is 3.92. The second kappa shape index (κ2) is 4.63. The van der Waals surface area contributed by atoms with Crippen LogP contribution >= 0.6 is 0 Å². The van der Waals surface area contributed by atoms with E-state index in [1.807, 2.05) is 0 Å². The van der Waals surface area contributed by atoms with Crippen molar-refractivity contribution < 1.29 is 4.39 Å². The number of nitrogens with two attached hydrogens (primary N) is 1. The molecule has 0 amide bonds. The van der Waals surface area contributed by atoms with Crippen LogP contribution in [-0.4, -0.2) is 16.1 Å². The highest BCUT2D eigenvalue weighted by atomic mass is 19.1. The lowest BCUT2D eigenvalue weighted by molar-refractivity contribution is 0.630. The van der Waals surface area contributed by atoms with Gasteiger partial charge in [0.1, 0.15) is 17.2 Å². The lowest BCUT2D eigenvalue weighted by atomic mass is 10.2. The molecule has 0 saturated carbocycles. The molecule has 17 heavy (non-hydrogen) atoms. The maximum absolute atomic E-state index is 13.6. The van der Waals surface area contributed by atoms with Gasteiger partial charge in [-0.2, -0.15) is 0 Å². The molecule has 0 aliphatic carbocycles. The Morgan fingerprint density at radius 2 is 2.24 bits per heavy atom. The molecule has 4 nitrogen and oxygen atoms in total. The molecule has 0 aliphatic rings. The van der Waals surface area contributed by atoms with Crippen LogP contribution in [-0.2, 0) is 13.5 Å². The Morgan fingerprint density at radius 3 is 2.94 bits per heavy atom. The molecular weight excluding hydrogens is 221 g/mol. The predicted octanol–water partition coefficient (Wildman–Crippen LogP) is 0.964. The molecule has 1 aromatic carbocycles. The molecule has 0 fully saturated rings. The molecular formula is C12H14FN3O. The second-order valence-corrected chi connectivity index (χ2v) is 3.92. The molecule has 0 spiro atoms. The van der Waals surface area contributed by atoms with E-state index in [-0.39, 0.29) is 11.1 Å². The first kappa shape index (κ1) is 11.7. The quantitative estimate of drug-likeness (QED) is 0.862. The number of para-hydroxylation sites is 1. The third kappa shape index (κ3) is 2.06. The van der Waals surface area contributed by atoms with Gasteiger partial charge in [-0.1, -0.05) is 6.07 Å². The van der Waals surface area contributed by atoms with Crippen molar-refractivity contribution in [2.24, 2.45) is 12.8 Å². The molecule has 0 atom stereocenters. The molecule has 1 aromatic heterocycles. The Labute approximate surface area is 97.9 Å². The SMILES string of the molecule is Cn1c(CCCN)nc2c(F)cccc2c1=O. The monoisotopic (exact) mass is 235 g/mol. The molecule has 0 radical (unpaired) electrons. The highest BCUT2D eigenvalue weighted by Crippen LogP contribution is 2.12. The lowest BCUT2D eigenvalue weighted by Gasteiger charge is -2.08. The van der Waals surface area contributed by atoms with Gasteiger partial charge in [-0.3, -0.25) is 9.36 Å². The van der Waals surface area contributed by atoms with Crippen molar-refractivity contribution in [1.82, 2.24) is 9.55 Å². The Balaban J connectivity index is 2.68. The van der Waals surface area contributed by atoms with Crippen molar-refractivity contribution in [3.05, 3.63) is 40.2 Å². The Kier molecular flexibility index (Phi) is 3.19. The normalized spacial score (nSPS) is 11.0. The number of rotatable bonds is 3. The summed E-state index contributed by atoms with van der Waals surface area (Å²) in [6.07, 6.45) is 1.30. The topological polar surface area (TPSA) is 60.9 Å². The van der Waals surface area contributed by atoms with Crippen molar-refractivity contribution in [1.29, 1.82) is 0 Å². The summed E-state index contributed by atoms with van der Waals surface area (Å²) < 4.78 is 15.0. The third-order valence-corrected chi connectivity index (χ3v) is 2.75. The molecule has 2 aromatic rings. The largest absolute Gasteiger partial charge is 0.330 e. The number of hydrogen-bond donors (Lipinski definition) is 1. The van der Waals surface area contributed by atoms with E-state index in [2.05, 4.69) is 4.98 Å². The number of benzene rings is 1. The van der Waals surface area contributed by atoms with Gasteiger partial charge in [0, 0.05) is 13.5 Å². The van der Waals surface area contributed by atoms with Crippen LogP contribution in [0.1, 0.15) is 12.2 Å². The van der Waals surface area contributed by atoms with Gasteiger partial charge in [-0.25, -0.2) is 9.37 Å². The molecule has 0 bridgehead atoms. The van der Waals surface area contributed by atoms with E-state index >= 15 is 0 Å². The number of aryl methyl sites for hydroxylation is 1. The van der Waals surface area contributed by atoms with E-state index in [1.165, 1.54) is 16.7 Å². The summed E-state index contributed by atoms with van der Waals surface area (Å²) in [4.78, 5) is 16.2. The third-order valence-electron chi connectivity index (χ3n) is 2.75. The number of hydrogen-bond acceptors (Lipinski definition) is 3. The van der Waals surface area contributed by atoms with Gasteiger partial charge >= 0.3 is 0 Å². The summed E-state index contributed by atoms with van der Waals surface area (Å²) in [5.74, 6) is 0.104. The van der Waals surface area contributed by atoms with Crippen molar-refractivity contribution in [2.75, 3.05) is 6.54 Å². The van der Waals surface area contributed by atoms with Crippen molar-refractivity contribution >= 4 is 10.9 Å². The molecule has 1 heterocycles. The van der Waals surface area contributed by atoms with E-state index in [9.17, 15) is 9.18 Å². The van der Waals surface area contributed by atoms with Gasteiger partial charge in [-0.15, -0.1) is 0 Å². The fourth-order valence-electron chi connectivity index (χ4n) is 1.79. The van der Waals surface area contributed by atoms with Gasteiger partial charge < -0.3 is 5.73 Å². The van der Waals surface area contributed by atoms with Crippen LogP contribution in [0, 0.1) is 5.82 Å². The molecule has 0 saturated heterocycles. The number of aromatic nitrogens is 2. The lowest BCUT2D eigenvalue weighted by Crippen LogP contribution is -2.23. The molecule has 90 valence electrons. The molecule has 2 rings (SSSR count). The van der Waals surface area contributed by atoms with Gasteiger partial charge in [0.25, 0.3) is 5.56 Å². The van der Waals surface area contributed by atoms with Crippen molar-refractivity contribution in [2.45, 2.75) is 12.8 Å². The van der Waals surface area contributed by atoms with Crippen LogP contribution in [0.2, 0.25) is 0 Å². The van der Waals surface area contributed by atoms with Gasteiger partial charge in [0.2, 0.25) is 0 Å². The zero-order valence-electron chi connectivity index (χ0n) is 9.61. The maximum Gasteiger partial charge on any atom is 0.261 e. The van der Waals surface area contributed by atoms with Gasteiger partial charge in [0.15, 0.2) is 0 Å². The summed E-state index contributed by atoms with van der Waals surface area (Å²) in [5, 5.41) is 0.309. The number of nitrogens with zero attached hydrogens (tertiary/aromatic N) is 2. The van der Waals surface area contributed by atoms with E-state index in [4.69, 9.17) is 5.73 Å². The van der Waals surface area contributed by atoms with E-state index in [1.54, 1.807) is 13.1 Å². The smallest absolute Gasteiger partial charge is 0.261 e. The fourth-order valence-corrected chi connectivity index (χ4v) is 1.79. The fraction of sp³-hybridized carbons (Fsp3) is 0.333. The molecule has 5 heteroatoms. The van der Waals surface area contributed by atoms with Crippen LogP contribution in [0.5, 0.6) is 0 Å². The minimum absolute atomic E-state index is 0.141. The highest BCUT2D eigenvalue weighted by Gasteiger charge is 2.10. The summed E-state index contributed by atoms with van der Waals surface area (Å²) in [6.45, 7) is 0.519. The summed E-state index contributed by atoms with van der Waals surface area (Å²) in [6, 6.07) is 4.41. The average Bonchev–Trinajstić information content (AvgIpc) is 2.33. The summed E-state index contributed by atoms with van der Waals surface area (Å²) in [7, 11) is 1.64. The van der Waals surface area contributed by atoms with Crippen LogP contribution < -0.4 is 11.3 Å². The maximum atomic E-state index is 13.6. The van der Waals surface area contributed by atoms with Crippen molar-refractivity contribution in [3.8, 4) is 0 Å². The molecule has 0 aliphatic heterocycles. The zero-order valence-corrected chi connectivity index (χ0v) is 9.61. The van der Waals surface area contributed by atoms with Crippen LogP contribution in [0.25, 0.3) is 10.9 Å². The average molecular weight is 235 g/mol. The standard InChI is InChI=1S/C12H14FN3O/c1-16-10(6-3-7-14)15-11-8(12(16)17)4-2-5-9(11)13/h2,4-5H,3,6-7,14H2,1H3. The minimum atomic E-state index is -0.464. The van der Waals surface area contributed by atoms with E-state index in [0.29, 0.717) is 24.2 Å². The summed E-state index contributed by atoms with van der Waals surface area (Å²) in [5.41, 5.74) is 5.34. The predicted molar refractivity (Wildman–Crippen MR) is 64.3 cm³/mol. The summed E-state index contributed by atoms with van der Waals surface area (Å²) >= 11 is 0. The minimum Gasteiger partial charge on any atom is -0.330 e. The highest BCUT2D eigenvalue weighted by molar-refractivity contribution is 5.78. The first-order chi connectivity index (χ1) is 8.15. The van der Waals surface area contributed by atoms with E-state index < -0.39 is 5.82 Å². The Hall–Kier alpha value is -1.75. The van der Waals surface area contributed by atoms with Gasteiger partial charge in [0.05, 0.1) is 5.39 Å². The molecule has 0 unspecified atom stereocenters. The Bertz CT molecular complexity index is 606. The first-order valence-electron chi connectivity index (χ1n) is 5.49.